The van der Waals surface area contributed by atoms with Crippen molar-refractivity contribution >= 4 is 11.8 Å². The summed E-state index contributed by atoms with van der Waals surface area (Å²) >= 11 is 1.76. The van der Waals surface area contributed by atoms with Gasteiger partial charge >= 0.3 is 0 Å². The summed E-state index contributed by atoms with van der Waals surface area (Å²) in [6.45, 7) is 4.46. The van der Waals surface area contributed by atoms with Crippen LogP contribution in [0, 0.1) is 11.7 Å². The van der Waals surface area contributed by atoms with E-state index in [1.807, 2.05) is 12.1 Å². The first-order valence-corrected chi connectivity index (χ1v) is 9.45. The van der Waals surface area contributed by atoms with Crippen molar-refractivity contribution in [2.24, 2.45) is 5.92 Å². The van der Waals surface area contributed by atoms with Crippen LogP contribution in [0.1, 0.15) is 51.1 Å². The van der Waals surface area contributed by atoms with E-state index in [2.05, 4.69) is 25.0 Å². The summed E-state index contributed by atoms with van der Waals surface area (Å²) in [4.78, 5) is 2.32. The van der Waals surface area contributed by atoms with E-state index < -0.39 is 6.23 Å². The van der Waals surface area contributed by atoms with Gasteiger partial charge in [0.15, 0.2) is 0 Å². The molecule has 0 saturated carbocycles. The van der Waals surface area contributed by atoms with E-state index in [-0.39, 0.29) is 16.6 Å². The number of aliphatic hydroxyl groups excluding tert-OH is 1. The summed E-state index contributed by atoms with van der Waals surface area (Å²) in [5.41, 5.74) is 1.13. The number of hydrogen-bond acceptors (Lipinski definition) is 3. The van der Waals surface area contributed by atoms with Gasteiger partial charge in [-0.1, -0.05) is 19.1 Å². The van der Waals surface area contributed by atoms with Crippen LogP contribution in [0.4, 0.5) is 4.39 Å². The summed E-state index contributed by atoms with van der Waals surface area (Å²) in [6.07, 6.45) is 6.03. The minimum atomic E-state index is -0.445. The van der Waals surface area contributed by atoms with Crippen molar-refractivity contribution < 1.29 is 9.50 Å². The van der Waals surface area contributed by atoms with Crippen LogP contribution in [-0.2, 0) is 0 Å². The quantitative estimate of drug-likeness (QED) is 0.882. The van der Waals surface area contributed by atoms with Crippen LogP contribution in [-0.4, -0.2) is 33.3 Å². The maximum absolute atomic E-state index is 13.2. The van der Waals surface area contributed by atoms with E-state index in [0.29, 0.717) is 12.0 Å². The normalized spacial score (nSPS) is 39.5. The van der Waals surface area contributed by atoms with Crippen LogP contribution in [0.25, 0.3) is 0 Å². The number of fused-ring (bicyclic) bond motifs is 1. The number of thioether (sulfide) groups is 1. The molecule has 2 saturated heterocycles. The standard InChI is InChI=1S/C18H26FNOS/c1-12-4-9-16(13-5-7-14(19)8-6-13)20-15(12)10-11-18(2,22-3)17(20)21/h5-8,12,15-17,21H,4,9-11H2,1-3H3/t12-,15+,16+,17-,18-/m0/s1. The molecular weight excluding hydrogens is 297 g/mol. The molecule has 0 aliphatic carbocycles. The van der Waals surface area contributed by atoms with Crippen LogP contribution in [0.2, 0.25) is 0 Å². The van der Waals surface area contributed by atoms with Crippen LogP contribution in [0.3, 0.4) is 0 Å². The van der Waals surface area contributed by atoms with Crippen LogP contribution in [0.15, 0.2) is 24.3 Å². The Balaban J connectivity index is 1.94. The molecule has 0 radical (unpaired) electrons. The van der Waals surface area contributed by atoms with Gasteiger partial charge in [0.2, 0.25) is 0 Å². The van der Waals surface area contributed by atoms with Gasteiger partial charge in [0.25, 0.3) is 0 Å². The van der Waals surface area contributed by atoms with Crippen molar-refractivity contribution in [3.05, 3.63) is 35.6 Å². The highest BCUT2D eigenvalue weighted by molar-refractivity contribution is 8.00. The third-order valence-corrected chi connectivity index (χ3v) is 7.13. The lowest BCUT2D eigenvalue weighted by atomic mass is 9.77. The van der Waals surface area contributed by atoms with E-state index in [4.69, 9.17) is 0 Å². The largest absolute Gasteiger partial charge is 0.377 e. The Bertz CT molecular complexity index is 522. The fraction of sp³-hybridized carbons (Fsp3) is 0.667. The Kier molecular flexibility index (Phi) is 4.54. The van der Waals surface area contributed by atoms with Crippen LogP contribution < -0.4 is 0 Å². The summed E-state index contributed by atoms with van der Waals surface area (Å²) in [5.74, 6) is 0.412. The molecule has 4 heteroatoms. The molecule has 0 amide bonds. The van der Waals surface area contributed by atoms with Crippen molar-refractivity contribution in [1.29, 1.82) is 0 Å². The predicted molar refractivity (Wildman–Crippen MR) is 90.3 cm³/mol. The lowest BCUT2D eigenvalue weighted by Gasteiger charge is -2.56. The third-order valence-electron chi connectivity index (χ3n) is 5.78. The molecule has 22 heavy (non-hydrogen) atoms. The Labute approximate surface area is 137 Å². The molecule has 5 atom stereocenters. The monoisotopic (exact) mass is 323 g/mol. The highest BCUT2D eigenvalue weighted by atomic mass is 32.2. The summed E-state index contributed by atoms with van der Waals surface area (Å²) in [7, 11) is 0. The van der Waals surface area contributed by atoms with Gasteiger partial charge in [-0.05, 0) is 62.5 Å². The molecule has 122 valence electrons. The first-order chi connectivity index (χ1) is 10.5. The van der Waals surface area contributed by atoms with Gasteiger partial charge in [0.05, 0.1) is 4.75 Å². The molecule has 0 aromatic heterocycles. The number of halogens is 1. The highest BCUT2D eigenvalue weighted by Gasteiger charge is 2.49. The lowest BCUT2D eigenvalue weighted by molar-refractivity contribution is -0.132. The van der Waals surface area contributed by atoms with E-state index >= 15 is 0 Å². The number of hydrogen-bond donors (Lipinski definition) is 1. The Hall–Kier alpha value is -0.580. The fourth-order valence-corrected chi connectivity index (χ4v) is 4.84. The zero-order chi connectivity index (χ0) is 15.9. The third kappa shape index (κ3) is 2.70. The van der Waals surface area contributed by atoms with Crippen molar-refractivity contribution in [1.82, 2.24) is 4.90 Å². The molecule has 3 rings (SSSR count). The smallest absolute Gasteiger partial charge is 0.123 e. The lowest BCUT2D eigenvalue weighted by Crippen LogP contribution is -2.61. The minimum absolute atomic E-state index is 0.119. The fourth-order valence-electron chi connectivity index (χ4n) is 4.18. The molecule has 0 spiro atoms. The van der Waals surface area contributed by atoms with Crippen molar-refractivity contribution in [3.63, 3.8) is 0 Å². The Morgan fingerprint density at radius 1 is 1.23 bits per heavy atom. The zero-order valence-electron chi connectivity index (χ0n) is 13.6. The maximum Gasteiger partial charge on any atom is 0.123 e. The Morgan fingerprint density at radius 3 is 2.55 bits per heavy atom. The average molecular weight is 323 g/mol. The van der Waals surface area contributed by atoms with Crippen LogP contribution in [0.5, 0.6) is 0 Å². The van der Waals surface area contributed by atoms with Gasteiger partial charge in [0, 0.05) is 12.1 Å². The maximum atomic E-state index is 13.2. The van der Waals surface area contributed by atoms with E-state index in [1.54, 1.807) is 11.8 Å². The molecule has 2 aliphatic rings. The summed E-state index contributed by atoms with van der Waals surface area (Å²) in [6, 6.07) is 7.46. The Morgan fingerprint density at radius 2 is 1.91 bits per heavy atom. The molecule has 1 aromatic rings. The molecular formula is C18H26FNOS. The van der Waals surface area contributed by atoms with Gasteiger partial charge in [-0.25, -0.2) is 4.39 Å². The molecule has 0 bridgehead atoms. The minimum Gasteiger partial charge on any atom is -0.377 e. The number of nitrogens with zero attached hydrogens (tertiary/aromatic N) is 1. The number of aliphatic hydroxyl groups is 1. The van der Waals surface area contributed by atoms with Gasteiger partial charge in [0.1, 0.15) is 12.0 Å². The SMILES string of the molecule is CS[C@@]1(C)CC[C@@H]2[C@@H](C)CC[C@H](c3ccc(F)cc3)N2[C@H]1O. The van der Waals surface area contributed by atoms with Crippen LogP contribution >= 0.6 is 11.8 Å². The second-order valence-corrected chi connectivity index (χ2v) is 8.41. The van der Waals surface area contributed by atoms with Gasteiger partial charge in [-0.2, -0.15) is 11.8 Å². The van der Waals surface area contributed by atoms with Gasteiger partial charge < -0.3 is 5.11 Å². The second-order valence-electron chi connectivity index (χ2n) is 7.07. The number of piperidine rings is 2. The highest BCUT2D eigenvalue weighted by Crippen LogP contribution is 2.48. The molecule has 2 aliphatic heterocycles. The first-order valence-electron chi connectivity index (χ1n) is 8.22. The predicted octanol–water partition coefficient (Wildman–Crippen LogP) is 4.20. The van der Waals surface area contributed by atoms with E-state index in [0.717, 1.165) is 24.8 Å². The van der Waals surface area contributed by atoms with Gasteiger partial charge in [-0.15, -0.1) is 0 Å². The molecule has 0 unspecified atom stereocenters. The summed E-state index contributed by atoms with van der Waals surface area (Å²) in [5, 5.41) is 11.1. The van der Waals surface area contributed by atoms with Gasteiger partial charge in [-0.3, -0.25) is 4.90 Å². The topological polar surface area (TPSA) is 23.5 Å². The molecule has 1 aromatic carbocycles. The molecule has 2 heterocycles. The van der Waals surface area contributed by atoms with Crippen molar-refractivity contribution in [2.45, 2.75) is 62.6 Å². The molecule has 2 nitrogen and oxygen atoms in total. The number of benzene rings is 1. The molecule has 1 N–H and O–H groups in total. The first kappa shape index (κ1) is 16.3. The van der Waals surface area contributed by atoms with E-state index in [1.165, 1.54) is 18.6 Å². The number of rotatable bonds is 2. The molecule has 2 fully saturated rings. The zero-order valence-corrected chi connectivity index (χ0v) is 14.4. The second kappa shape index (κ2) is 6.14. The van der Waals surface area contributed by atoms with Crippen molar-refractivity contribution in [2.75, 3.05) is 6.26 Å². The average Bonchev–Trinajstić information content (AvgIpc) is 2.52. The van der Waals surface area contributed by atoms with E-state index in [9.17, 15) is 9.50 Å². The van der Waals surface area contributed by atoms with Crippen molar-refractivity contribution in [3.8, 4) is 0 Å². The summed E-state index contributed by atoms with van der Waals surface area (Å²) < 4.78 is 13.1.